The molecule has 2 heterocycles. The second-order valence-electron chi connectivity index (χ2n) is 8.76. The minimum absolute atomic E-state index is 0.102. The zero-order valence-corrected chi connectivity index (χ0v) is 26.6. The molecule has 0 radical (unpaired) electrons. The van der Waals surface area contributed by atoms with E-state index >= 15 is 0 Å². The number of rotatable bonds is 17. The van der Waals surface area contributed by atoms with E-state index in [0.29, 0.717) is 4.83 Å². The molecule has 0 aliphatic heterocycles. The van der Waals surface area contributed by atoms with Gasteiger partial charge in [-0.25, -0.2) is 0 Å². The third-order valence-electron chi connectivity index (χ3n) is 6.35. The molecule has 2 rings (SSSR count). The van der Waals surface area contributed by atoms with E-state index in [4.69, 9.17) is 0 Å². The van der Waals surface area contributed by atoms with Gasteiger partial charge in [-0.15, -0.1) is 0 Å². The number of ketones is 1. The second kappa shape index (κ2) is 13.3. The van der Waals surface area contributed by atoms with Gasteiger partial charge in [0.25, 0.3) is 0 Å². The molecule has 0 fully saturated rings. The van der Waals surface area contributed by atoms with Gasteiger partial charge in [0.2, 0.25) is 0 Å². The summed E-state index contributed by atoms with van der Waals surface area (Å²) in [5.74, 6) is -0.671. The summed E-state index contributed by atoms with van der Waals surface area (Å²) in [5, 5.41) is 0. The first-order valence-electron chi connectivity index (χ1n) is 12.2. The van der Waals surface area contributed by atoms with Crippen molar-refractivity contribution in [1.82, 2.24) is 22.5 Å². The number of unbranched alkanes of at least 4 members (excludes halogenated alkanes) is 3. The Morgan fingerprint density at radius 3 is 1.89 bits per heavy atom. The van der Waals surface area contributed by atoms with Crippen LogP contribution in [0.1, 0.15) is 69.8 Å². The molecule has 35 heavy (non-hydrogen) atoms. The van der Waals surface area contributed by atoms with Crippen LogP contribution >= 0.6 is 11.3 Å². The van der Waals surface area contributed by atoms with Gasteiger partial charge in [-0.3, -0.25) is 0 Å². The molecule has 0 saturated carbocycles. The monoisotopic (exact) mass is 657 g/mol. The fraction of sp³-hybridized carbons (Fsp3) is 0.714. The van der Waals surface area contributed by atoms with Crippen LogP contribution in [0.25, 0.3) is 4.83 Å². The Balaban J connectivity index is 2.50. The van der Waals surface area contributed by atoms with E-state index in [2.05, 4.69) is 32.0 Å². The predicted molar refractivity (Wildman–Crippen MR) is 145 cm³/mol. The standard InChI is InChI=1S/C9H12N5O5S3.3C4H9.Sn/c1-10-21(16,17)14(22(18,19)11-2)5-7(15)8-9-13(6-12-8)3-4-20-9;3*1-3-4-2;/h3,6,10-11H,5H2,1-2H3;3*1,3-4H2,2H3;. The number of nitrogens with zero attached hydrogens (tertiary/aromatic N) is 3. The number of thiazole rings is 1. The summed E-state index contributed by atoms with van der Waals surface area (Å²) in [6.07, 6.45) is 10.8. The van der Waals surface area contributed by atoms with Crippen LogP contribution in [0.15, 0.2) is 12.5 Å². The van der Waals surface area contributed by atoms with E-state index in [0.717, 1.165) is 33.4 Å². The van der Waals surface area contributed by atoms with E-state index in [1.165, 1.54) is 35.5 Å². The predicted octanol–water partition coefficient (Wildman–Crippen LogP) is 2.87. The number of hydrogen-bond acceptors (Lipinski definition) is 7. The number of Topliss-reactive ketones (excluding diaryl/α,β-unsaturated/α-hetero) is 1. The van der Waals surface area contributed by atoms with Crippen LogP contribution in [-0.2, 0) is 20.4 Å². The average Bonchev–Trinajstić information content (AvgIpc) is 3.43. The zero-order valence-electron chi connectivity index (χ0n) is 21.3. The average molecular weight is 656 g/mol. The van der Waals surface area contributed by atoms with E-state index in [9.17, 15) is 21.6 Å². The third kappa shape index (κ3) is 7.26. The fourth-order valence-corrected chi connectivity index (χ4v) is 26.7. The molecular formula is C21H39N5O5S3Sn. The molecule has 2 aromatic rings. The number of imidazole rings is 1. The quantitative estimate of drug-likeness (QED) is 0.199. The molecule has 0 aromatic carbocycles. The summed E-state index contributed by atoms with van der Waals surface area (Å²) in [5.41, 5.74) is 0.102. The summed E-state index contributed by atoms with van der Waals surface area (Å²) in [4.78, 5) is 18.0. The van der Waals surface area contributed by atoms with Crippen LogP contribution in [0.5, 0.6) is 0 Å². The molecule has 0 aliphatic rings. The van der Waals surface area contributed by atoms with Crippen molar-refractivity contribution in [3.63, 3.8) is 0 Å². The number of hydrogen-bond donors (Lipinski definition) is 2. The number of aromatic nitrogens is 2. The molecule has 2 N–H and O–H groups in total. The van der Waals surface area contributed by atoms with Gasteiger partial charge in [-0.1, -0.05) is 0 Å². The Hall–Kier alpha value is -0.581. The van der Waals surface area contributed by atoms with Gasteiger partial charge in [0.05, 0.1) is 0 Å². The molecule has 10 nitrogen and oxygen atoms in total. The Morgan fingerprint density at radius 1 is 0.971 bits per heavy atom. The van der Waals surface area contributed by atoms with Crippen molar-refractivity contribution >= 4 is 63.6 Å². The maximum absolute atomic E-state index is 13.2. The van der Waals surface area contributed by atoms with Crippen LogP contribution in [0.3, 0.4) is 0 Å². The van der Waals surface area contributed by atoms with Gasteiger partial charge in [0.15, 0.2) is 0 Å². The topological polar surface area (TPSA) is 130 Å². The first kappa shape index (κ1) is 30.6. The van der Waals surface area contributed by atoms with Crippen LogP contribution < -0.4 is 12.3 Å². The summed E-state index contributed by atoms with van der Waals surface area (Å²) >= 11 is -1.14. The SMILES string of the molecule is CCC[CH2][Sn]([CH2]CCC)([CH2]CCC)[c]1cn2cnc(C(=O)CN(S(=O)(=O)NC)S(=O)(=O)NC)c2s1. The van der Waals surface area contributed by atoms with Crippen LogP contribution in [0, 0.1) is 0 Å². The van der Waals surface area contributed by atoms with E-state index in [-0.39, 0.29) is 9.40 Å². The van der Waals surface area contributed by atoms with E-state index < -0.39 is 51.1 Å². The molecule has 14 heteroatoms. The van der Waals surface area contributed by atoms with Crippen molar-refractivity contribution in [2.75, 3.05) is 20.6 Å². The summed E-state index contributed by atoms with van der Waals surface area (Å²) < 4.78 is 60.5. The van der Waals surface area contributed by atoms with E-state index in [1.807, 2.05) is 13.8 Å². The van der Waals surface area contributed by atoms with Crippen molar-refractivity contribution in [2.45, 2.75) is 72.6 Å². The number of carbonyl (C=O) groups is 1. The summed E-state index contributed by atoms with van der Waals surface area (Å²) in [7, 11) is -6.67. The Bertz CT molecular complexity index is 1140. The Morgan fingerprint density at radius 2 is 1.46 bits per heavy atom. The first-order chi connectivity index (χ1) is 16.5. The molecule has 200 valence electrons. The summed E-state index contributed by atoms with van der Waals surface area (Å²) in [6, 6.07) is 0. The molecule has 0 bridgehead atoms. The number of fused-ring (bicyclic) bond motifs is 1. The van der Waals surface area contributed by atoms with Crippen molar-refractivity contribution in [3.05, 3.63) is 18.2 Å². The Kier molecular flexibility index (Phi) is 11.6. The van der Waals surface area contributed by atoms with Gasteiger partial charge in [-0.2, -0.15) is 0 Å². The van der Waals surface area contributed by atoms with Crippen molar-refractivity contribution in [1.29, 1.82) is 0 Å². The van der Waals surface area contributed by atoms with Crippen LogP contribution in [0.2, 0.25) is 13.3 Å². The fourth-order valence-electron chi connectivity index (χ4n) is 4.22. The number of carbonyl (C=O) groups excluding carboxylic acids is 1. The molecule has 0 atom stereocenters. The molecular weight excluding hydrogens is 617 g/mol. The molecule has 2 aromatic heterocycles. The normalized spacial score (nSPS) is 13.2. The van der Waals surface area contributed by atoms with Gasteiger partial charge in [-0.05, 0) is 0 Å². The van der Waals surface area contributed by atoms with Crippen LogP contribution in [0.4, 0.5) is 0 Å². The van der Waals surface area contributed by atoms with Crippen molar-refractivity contribution in [3.8, 4) is 0 Å². The van der Waals surface area contributed by atoms with Crippen molar-refractivity contribution < 1.29 is 21.6 Å². The van der Waals surface area contributed by atoms with Gasteiger partial charge < -0.3 is 0 Å². The molecule has 0 amide bonds. The second-order valence-corrected chi connectivity index (χ2v) is 27.8. The minimum atomic E-state index is -4.43. The molecule has 0 spiro atoms. The van der Waals surface area contributed by atoms with E-state index in [1.54, 1.807) is 17.7 Å². The first-order valence-corrected chi connectivity index (χ1v) is 23.3. The van der Waals surface area contributed by atoms with Gasteiger partial charge >= 0.3 is 219 Å². The molecule has 0 aliphatic carbocycles. The molecule has 0 unspecified atom stereocenters. The van der Waals surface area contributed by atoms with Crippen molar-refractivity contribution in [2.24, 2.45) is 0 Å². The summed E-state index contributed by atoms with van der Waals surface area (Å²) in [6.45, 7) is 5.80. The Labute approximate surface area is 218 Å². The van der Waals surface area contributed by atoms with Gasteiger partial charge in [0.1, 0.15) is 0 Å². The maximum atomic E-state index is 13.2. The zero-order chi connectivity index (χ0) is 26.3. The molecule has 0 saturated heterocycles. The van der Waals surface area contributed by atoms with Crippen LogP contribution in [-0.4, -0.2) is 74.7 Å². The number of nitrogens with one attached hydrogen (secondary N) is 2. The van der Waals surface area contributed by atoms with Gasteiger partial charge in [0, 0.05) is 0 Å². The third-order valence-corrected chi connectivity index (χ3v) is 29.2.